The van der Waals surface area contributed by atoms with Gasteiger partial charge in [-0.3, -0.25) is 4.79 Å². The van der Waals surface area contributed by atoms with E-state index in [0.29, 0.717) is 27.6 Å². The molecule has 2 N–H and O–H groups in total. The number of rotatable bonds is 6. The van der Waals surface area contributed by atoms with E-state index in [1.54, 1.807) is 24.3 Å². The first kappa shape index (κ1) is 19.5. The summed E-state index contributed by atoms with van der Waals surface area (Å²) < 4.78 is 0. The van der Waals surface area contributed by atoms with Crippen LogP contribution in [0.25, 0.3) is 10.8 Å². The number of halogens is 2. The lowest BCUT2D eigenvalue weighted by atomic mass is 9.92. The summed E-state index contributed by atoms with van der Waals surface area (Å²) in [5.41, 5.74) is 1.32. The minimum atomic E-state index is -0.578. The molecule has 0 heterocycles. The van der Waals surface area contributed by atoms with Gasteiger partial charge in [0.15, 0.2) is 0 Å². The van der Waals surface area contributed by atoms with E-state index in [-0.39, 0.29) is 11.7 Å². The number of unbranched alkanes of at least 4 members (excludes halogenated alkanes) is 1. The van der Waals surface area contributed by atoms with Crippen molar-refractivity contribution in [1.29, 1.82) is 0 Å². The maximum Gasteiger partial charge on any atom is 0.220 e. The summed E-state index contributed by atoms with van der Waals surface area (Å²) >= 11 is 12.5. The number of phenols is 1. The molecule has 0 bridgehead atoms. The van der Waals surface area contributed by atoms with Crippen molar-refractivity contribution in [3.63, 3.8) is 0 Å². The number of nitrogens with one attached hydrogen (secondary N) is 1. The lowest BCUT2D eigenvalue weighted by Crippen LogP contribution is -2.29. The van der Waals surface area contributed by atoms with E-state index in [1.165, 1.54) is 0 Å². The van der Waals surface area contributed by atoms with Crippen LogP contribution in [0.5, 0.6) is 5.75 Å². The molecule has 0 aliphatic heterocycles. The SMILES string of the molecule is CCCCC(=O)N[C@H](c1ccc(Cl)cc1Cl)c1c(O)ccc2ccccc12. The molecule has 140 valence electrons. The molecule has 1 amide bonds. The van der Waals surface area contributed by atoms with Crippen LogP contribution in [0.4, 0.5) is 0 Å². The van der Waals surface area contributed by atoms with Crippen LogP contribution in [0.3, 0.4) is 0 Å². The van der Waals surface area contributed by atoms with Gasteiger partial charge in [-0.2, -0.15) is 0 Å². The molecule has 5 heteroatoms. The molecule has 0 saturated heterocycles. The van der Waals surface area contributed by atoms with Gasteiger partial charge in [-0.05, 0) is 41.0 Å². The molecule has 3 aromatic carbocycles. The van der Waals surface area contributed by atoms with E-state index >= 15 is 0 Å². The maximum atomic E-state index is 12.5. The van der Waals surface area contributed by atoms with E-state index in [9.17, 15) is 9.90 Å². The van der Waals surface area contributed by atoms with Crippen molar-refractivity contribution >= 4 is 39.9 Å². The topological polar surface area (TPSA) is 49.3 Å². The Morgan fingerprint density at radius 1 is 1.11 bits per heavy atom. The fourth-order valence-corrected chi connectivity index (χ4v) is 3.72. The number of carbonyl (C=O) groups is 1. The van der Waals surface area contributed by atoms with Crippen molar-refractivity contribution in [2.75, 3.05) is 0 Å². The largest absolute Gasteiger partial charge is 0.508 e. The van der Waals surface area contributed by atoms with Gasteiger partial charge in [0.25, 0.3) is 0 Å². The van der Waals surface area contributed by atoms with Crippen molar-refractivity contribution in [2.45, 2.75) is 32.2 Å². The Kier molecular flexibility index (Phi) is 6.25. The van der Waals surface area contributed by atoms with Gasteiger partial charge in [0, 0.05) is 22.0 Å². The third-order valence-corrected chi connectivity index (χ3v) is 5.13. The highest BCUT2D eigenvalue weighted by atomic mass is 35.5. The fourth-order valence-electron chi connectivity index (χ4n) is 3.20. The second kappa shape index (κ2) is 8.64. The van der Waals surface area contributed by atoms with E-state index < -0.39 is 6.04 Å². The molecule has 0 radical (unpaired) electrons. The van der Waals surface area contributed by atoms with Gasteiger partial charge < -0.3 is 10.4 Å². The predicted molar refractivity (Wildman–Crippen MR) is 112 cm³/mol. The molecule has 3 nitrogen and oxygen atoms in total. The molecule has 0 spiro atoms. The molecule has 3 aromatic rings. The van der Waals surface area contributed by atoms with Crippen molar-refractivity contribution in [3.8, 4) is 5.75 Å². The normalized spacial score (nSPS) is 12.1. The van der Waals surface area contributed by atoms with Gasteiger partial charge in [-0.15, -0.1) is 0 Å². The Bertz CT molecular complexity index is 972. The quantitative estimate of drug-likeness (QED) is 0.512. The van der Waals surface area contributed by atoms with E-state index in [1.807, 2.05) is 37.3 Å². The molecule has 0 saturated carbocycles. The maximum absolute atomic E-state index is 12.5. The molecular formula is C22H21Cl2NO2. The zero-order valence-electron chi connectivity index (χ0n) is 15.0. The van der Waals surface area contributed by atoms with Gasteiger partial charge in [0.1, 0.15) is 5.75 Å². The first-order valence-corrected chi connectivity index (χ1v) is 9.71. The Morgan fingerprint density at radius 3 is 2.63 bits per heavy atom. The Hall–Kier alpha value is -2.23. The molecule has 0 aliphatic rings. The van der Waals surface area contributed by atoms with Crippen LogP contribution in [0.15, 0.2) is 54.6 Å². The van der Waals surface area contributed by atoms with E-state index in [0.717, 1.165) is 23.6 Å². The molecule has 3 rings (SSSR count). The zero-order chi connectivity index (χ0) is 19.4. The zero-order valence-corrected chi connectivity index (χ0v) is 16.5. The van der Waals surface area contributed by atoms with Crippen molar-refractivity contribution in [2.24, 2.45) is 0 Å². The van der Waals surface area contributed by atoms with Gasteiger partial charge >= 0.3 is 0 Å². The number of benzene rings is 3. The van der Waals surface area contributed by atoms with Crippen molar-refractivity contribution in [1.82, 2.24) is 5.32 Å². The van der Waals surface area contributed by atoms with Gasteiger partial charge in [0.2, 0.25) is 5.91 Å². The Labute approximate surface area is 168 Å². The van der Waals surface area contributed by atoms with Crippen LogP contribution in [0.2, 0.25) is 10.0 Å². The first-order valence-electron chi connectivity index (χ1n) is 8.96. The number of amides is 1. The number of carbonyl (C=O) groups excluding carboxylic acids is 1. The van der Waals surface area contributed by atoms with Gasteiger partial charge in [-0.1, -0.05) is 72.9 Å². The minimum absolute atomic E-state index is 0.0831. The average molecular weight is 402 g/mol. The summed E-state index contributed by atoms with van der Waals surface area (Å²) in [6, 6.07) is 15.8. The van der Waals surface area contributed by atoms with Crippen LogP contribution in [-0.2, 0) is 4.79 Å². The minimum Gasteiger partial charge on any atom is -0.508 e. The highest BCUT2D eigenvalue weighted by Gasteiger charge is 2.24. The Balaban J connectivity index is 2.15. The molecular weight excluding hydrogens is 381 g/mol. The van der Waals surface area contributed by atoms with Gasteiger partial charge in [-0.25, -0.2) is 0 Å². The summed E-state index contributed by atoms with van der Waals surface area (Å²) in [6.07, 6.45) is 2.15. The van der Waals surface area contributed by atoms with Crippen molar-refractivity contribution in [3.05, 3.63) is 75.8 Å². The molecule has 27 heavy (non-hydrogen) atoms. The third kappa shape index (κ3) is 4.37. The van der Waals surface area contributed by atoms with Crippen LogP contribution < -0.4 is 5.32 Å². The number of aromatic hydroxyl groups is 1. The second-order valence-corrected chi connectivity index (χ2v) is 7.33. The number of hydrogen-bond acceptors (Lipinski definition) is 2. The lowest BCUT2D eigenvalue weighted by molar-refractivity contribution is -0.121. The summed E-state index contributed by atoms with van der Waals surface area (Å²) in [4.78, 5) is 12.5. The van der Waals surface area contributed by atoms with Crippen LogP contribution in [0.1, 0.15) is 43.4 Å². The van der Waals surface area contributed by atoms with Gasteiger partial charge in [0.05, 0.1) is 6.04 Å². The Morgan fingerprint density at radius 2 is 1.89 bits per heavy atom. The first-order chi connectivity index (χ1) is 13.0. The van der Waals surface area contributed by atoms with E-state index in [2.05, 4.69) is 5.32 Å². The van der Waals surface area contributed by atoms with Crippen LogP contribution in [-0.4, -0.2) is 11.0 Å². The number of hydrogen-bond donors (Lipinski definition) is 2. The smallest absolute Gasteiger partial charge is 0.220 e. The fraction of sp³-hybridized carbons (Fsp3) is 0.227. The lowest BCUT2D eigenvalue weighted by Gasteiger charge is -2.23. The highest BCUT2D eigenvalue weighted by molar-refractivity contribution is 6.35. The predicted octanol–water partition coefficient (Wildman–Crippen LogP) is 6.25. The second-order valence-electron chi connectivity index (χ2n) is 6.49. The molecule has 0 fully saturated rings. The summed E-state index contributed by atoms with van der Waals surface area (Å²) in [5.74, 6) is 0.0284. The van der Waals surface area contributed by atoms with E-state index in [4.69, 9.17) is 23.2 Å². The summed E-state index contributed by atoms with van der Waals surface area (Å²) in [7, 11) is 0. The molecule has 0 aromatic heterocycles. The number of phenolic OH excluding ortho intramolecular Hbond substituents is 1. The standard InChI is InChI=1S/C22H21Cl2NO2/c1-2-3-8-20(27)25-22(17-11-10-15(23)13-18(17)24)21-16-7-5-4-6-14(16)9-12-19(21)26/h4-7,9-13,22,26H,2-3,8H2,1H3,(H,25,27)/t22-/m1/s1. The molecule has 1 atom stereocenters. The third-order valence-electron chi connectivity index (χ3n) is 4.57. The summed E-state index contributed by atoms with van der Waals surface area (Å²) in [6.45, 7) is 2.04. The molecule has 0 unspecified atom stereocenters. The van der Waals surface area contributed by atoms with Crippen molar-refractivity contribution < 1.29 is 9.90 Å². The van der Waals surface area contributed by atoms with Crippen LogP contribution >= 0.6 is 23.2 Å². The monoisotopic (exact) mass is 401 g/mol. The molecule has 0 aliphatic carbocycles. The van der Waals surface area contributed by atoms with Crippen LogP contribution in [0, 0.1) is 0 Å². The number of fused-ring (bicyclic) bond motifs is 1. The highest BCUT2D eigenvalue weighted by Crippen LogP contribution is 2.38. The average Bonchev–Trinajstić information content (AvgIpc) is 2.65. The summed E-state index contributed by atoms with van der Waals surface area (Å²) in [5, 5.41) is 16.5.